The first-order valence-electron chi connectivity index (χ1n) is 7.34. The van der Waals surface area contributed by atoms with Crippen LogP contribution in [0, 0.1) is 0 Å². The van der Waals surface area contributed by atoms with Gasteiger partial charge in [-0.3, -0.25) is 4.79 Å². The Balaban J connectivity index is 1.98. The van der Waals surface area contributed by atoms with Gasteiger partial charge in [0.05, 0.1) is 13.2 Å². The van der Waals surface area contributed by atoms with E-state index in [0.29, 0.717) is 5.56 Å². The molecule has 0 aromatic heterocycles. The van der Waals surface area contributed by atoms with E-state index in [4.69, 9.17) is 9.47 Å². The second-order valence-corrected chi connectivity index (χ2v) is 5.04. The highest BCUT2D eigenvalue weighted by Gasteiger charge is 2.07. The summed E-state index contributed by atoms with van der Waals surface area (Å²) in [6.07, 6.45) is 1.13. The molecule has 0 radical (unpaired) electrons. The molecule has 1 unspecified atom stereocenters. The van der Waals surface area contributed by atoms with E-state index in [0.717, 1.165) is 23.6 Å². The number of hydrogen-bond acceptors (Lipinski definition) is 3. The average molecular weight is 299 g/mol. The zero-order chi connectivity index (χ0) is 15.9. The van der Waals surface area contributed by atoms with Gasteiger partial charge in [0.15, 0.2) is 0 Å². The molecule has 2 aromatic carbocycles. The molecular weight excluding hydrogens is 278 g/mol. The first kappa shape index (κ1) is 15.9. The van der Waals surface area contributed by atoms with Crippen molar-refractivity contribution in [1.82, 2.24) is 0 Å². The van der Waals surface area contributed by atoms with Crippen molar-refractivity contribution in [3.05, 3.63) is 54.1 Å². The fourth-order valence-corrected chi connectivity index (χ4v) is 1.88. The van der Waals surface area contributed by atoms with E-state index in [-0.39, 0.29) is 12.0 Å². The zero-order valence-corrected chi connectivity index (χ0v) is 13.1. The summed E-state index contributed by atoms with van der Waals surface area (Å²) >= 11 is 0. The molecule has 2 rings (SSSR count). The third-order valence-electron chi connectivity index (χ3n) is 3.38. The number of anilines is 1. The summed E-state index contributed by atoms with van der Waals surface area (Å²) in [4.78, 5) is 12.1. The lowest BCUT2D eigenvalue weighted by atomic mass is 10.2. The standard InChI is InChI=1S/C18H21NO3/c1-4-13(2)22-17-11-7-15(8-12-17)19-18(20)14-5-9-16(21-3)10-6-14/h5-13H,4H2,1-3H3,(H,19,20). The van der Waals surface area contributed by atoms with Crippen LogP contribution in [0.1, 0.15) is 30.6 Å². The van der Waals surface area contributed by atoms with E-state index >= 15 is 0 Å². The summed E-state index contributed by atoms with van der Waals surface area (Å²) in [7, 11) is 1.60. The molecule has 4 nitrogen and oxygen atoms in total. The molecule has 2 aromatic rings. The molecule has 0 aliphatic heterocycles. The predicted molar refractivity (Wildman–Crippen MR) is 87.8 cm³/mol. The van der Waals surface area contributed by atoms with E-state index in [9.17, 15) is 4.79 Å². The van der Waals surface area contributed by atoms with Gasteiger partial charge < -0.3 is 14.8 Å². The van der Waals surface area contributed by atoms with Crippen LogP contribution in [0.4, 0.5) is 5.69 Å². The third-order valence-corrected chi connectivity index (χ3v) is 3.38. The van der Waals surface area contributed by atoms with E-state index in [1.165, 1.54) is 0 Å². The van der Waals surface area contributed by atoms with Crippen LogP contribution in [-0.4, -0.2) is 19.1 Å². The SMILES string of the molecule is CCC(C)Oc1ccc(NC(=O)c2ccc(OC)cc2)cc1. The number of methoxy groups -OCH3 is 1. The Kier molecular flexibility index (Phi) is 5.42. The topological polar surface area (TPSA) is 47.6 Å². The Morgan fingerprint density at radius 2 is 1.64 bits per heavy atom. The van der Waals surface area contributed by atoms with E-state index in [2.05, 4.69) is 12.2 Å². The number of hydrogen-bond donors (Lipinski definition) is 1. The largest absolute Gasteiger partial charge is 0.497 e. The Morgan fingerprint density at radius 3 is 2.18 bits per heavy atom. The quantitative estimate of drug-likeness (QED) is 0.872. The van der Waals surface area contributed by atoms with Crippen molar-refractivity contribution in [1.29, 1.82) is 0 Å². The van der Waals surface area contributed by atoms with Crippen molar-refractivity contribution >= 4 is 11.6 Å². The molecule has 0 saturated heterocycles. The highest BCUT2D eigenvalue weighted by molar-refractivity contribution is 6.04. The van der Waals surface area contributed by atoms with Crippen LogP contribution < -0.4 is 14.8 Å². The summed E-state index contributed by atoms with van der Waals surface area (Å²) in [5.41, 5.74) is 1.32. The average Bonchev–Trinajstić information content (AvgIpc) is 2.56. The molecule has 0 spiro atoms. The number of nitrogens with one attached hydrogen (secondary N) is 1. The summed E-state index contributed by atoms with van der Waals surface area (Å²) in [5.74, 6) is 1.37. The van der Waals surface area contributed by atoms with Gasteiger partial charge in [0.1, 0.15) is 11.5 Å². The monoisotopic (exact) mass is 299 g/mol. The fraction of sp³-hybridized carbons (Fsp3) is 0.278. The molecule has 0 aliphatic carbocycles. The highest BCUT2D eigenvalue weighted by atomic mass is 16.5. The molecular formula is C18H21NO3. The molecule has 1 atom stereocenters. The van der Waals surface area contributed by atoms with Crippen LogP contribution >= 0.6 is 0 Å². The number of ether oxygens (including phenoxy) is 2. The first-order chi connectivity index (χ1) is 10.6. The number of benzene rings is 2. The minimum atomic E-state index is -0.154. The Morgan fingerprint density at radius 1 is 1.05 bits per heavy atom. The molecule has 1 amide bonds. The van der Waals surface area contributed by atoms with Gasteiger partial charge >= 0.3 is 0 Å². The molecule has 0 aliphatic rings. The molecule has 4 heteroatoms. The van der Waals surface area contributed by atoms with Gasteiger partial charge in [-0.05, 0) is 61.9 Å². The van der Waals surface area contributed by atoms with Crippen molar-refractivity contribution < 1.29 is 14.3 Å². The lowest BCUT2D eigenvalue weighted by molar-refractivity contribution is 0.102. The van der Waals surface area contributed by atoms with Crippen molar-refractivity contribution in [3.8, 4) is 11.5 Å². The lowest BCUT2D eigenvalue weighted by Gasteiger charge is -2.13. The minimum Gasteiger partial charge on any atom is -0.497 e. The normalized spacial score (nSPS) is 11.6. The number of amides is 1. The highest BCUT2D eigenvalue weighted by Crippen LogP contribution is 2.19. The van der Waals surface area contributed by atoms with Crippen LogP contribution in [0.5, 0.6) is 11.5 Å². The van der Waals surface area contributed by atoms with Gasteiger partial charge in [-0.2, -0.15) is 0 Å². The molecule has 1 N–H and O–H groups in total. The maximum Gasteiger partial charge on any atom is 0.255 e. The van der Waals surface area contributed by atoms with Gasteiger partial charge in [-0.15, -0.1) is 0 Å². The zero-order valence-electron chi connectivity index (χ0n) is 13.1. The fourth-order valence-electron chi connectivity index (χ4n) is 1.88. The van der Waals surface area contributed by atoms with Gasteiger partial charge in [-0.1, -0.05) is 6.92 Å². The van der Waals surface area contributed by atoms with Gasteiger partial charge in [-0.25, -0.2) is 0 Å². The number of carbonyl (C=O) groups excluding carboxylic acids is 1. The van der Waals surface area contributed by atoms with Gasteiger partial charge in [0.2, 0.25) is 0 Å². The Hall–Kier alpha value is -2.49. The van der Waals surface area contributed by atoms with E-state index < -0.39 is 0 Å². The lowest BCUT2D eigenvalue weighted by Crippen LogP contribution is -2.12. The summed E-state index contributed by atoms with van der Waals surface area (Å²) < 4.78 is 10.8. The summed E-state index contributed by atoms with van der Waals surface area (Å²) in [5, 5.41) is 2.85. The van der Waals surface area contributed by atoms with E-state index in [1.54, 1.807) is 31.4 Å². The van der Waals surface area contributed by atoms with Crippen LogP contribution in [0.2, 0.25) is 0 Å². The number of carbonyl (C=O) groups is 1. The van der Waals surface area contributed by atoms with Gasteiger partial charge in [0, 0.05) is 11.3 Å². The Labute approximate surface area is 131 Å². The smallest absolute Gasteiger partial charge is 0.255 e. The van der Waals surface area contributed by atoms with Crippen LogP contribution in [0.15, 0.2) is 48.5 Å². The van der Waals surface area contributed by atoms with Crippen molar-refractivity contribution in [3.63, 3.8) is 0 Å². The molecule has 116 valence electrons. The van der Waals surface area contributed by atoms with E-state index in [1.807, 2.05) is 31.2 Å². The maximum atomic E-state index is 12.1. The molecule has 22 heavy (non-hydrogen) atoms. The first-order valence-corrected chi connectivity index (χ1v) is 7.34. The predicted octanol–water partition coefficient (Wildman–Crippen LogP) is 4.12. The van der Waals surface area contributed by atoms with Crippen molar-refractivity contribution in [2.45, 2.75) is 26.4 Å². The van der Waals surface area contributed by atoms with Crippen LogP contribution in [-0.2, 0) is 0 Å². The minimum absolute atomic E-state index is 0.154. The summed E-state index contributed by atoms with van der Waals surface area (Å²) in [6.45, 7) is 4.10. The molecule has 0 saturated carbocycles. The van der Waals surface area contributed by atoms with Crippen LogP contribution in [0.25, 0.3) is 0 Å². The maximum absolute atomic E-state index is 12.1. The summed E-state index contributed by atoms with van der Waals surface area (Å²) in [6, 6.07) is 14.4. The van der Waals surface area contributed by atoms with Crippen LogP contribution in [0.3, 0.4) is 0 Å². The molecule has 0 bridgehead atoms. The second-order valence-electron chi connectivity index (χ2n) is 5.04. The molecule has 0 heterocycles. The third kappa shape index (κ3) is 4.25. The Bertz CT molecular complexity index is 605. The number of rotatable bonds is 6. The van der Waals surface area contributed by atoms with Gasteiger partial charge in [0.25, 0.3) is 5.91 Å². The van der Waals surface area contributed by atoms with Crippen molar-refractivity contribution in [2.24, 2.45) is 0 Å². The van der Waals surface area contributed by atoms with Crippen molar-refractivity contribution in [2.75, 3.05) is 12.4 Å². The second kappa shape index (κ2) is 7.50. The molecule has 0 fully saturated rings.